The summed E-state index contributed by atoms with van der Waals surface area (Å²) in [6.45, 7) is 3.98. The van der Waals surface area contributed by atoms with E-state index in [0.29, 0.717) is 0 Å². The summed E-state index contributed by atoms with van der Waals surface area (Å²) in [5.74, 6) is 0.737. The highest BCUT2D eigenvalue weighted by Crippen LogP contribution is 2.32. The molecule has 2 heterocycles. The molecule has 0 aromatic heterocycles. The van der Waals surface area contributed by atoms with Gasteiger partial charge in [0.05, 0.1) is 6.54 Å². The maximum Gasteiger partial charge on any atom is 0.238 e. The average Bonchev–Trinajstić information content (AvgIpc) is 2.66. The van der Waals surface area contributed by atoms with Crippen molar-refractivity contribution in [3.05, 3.63) is 70.8 Å². The van der Waals surface area contributed by atoms with Gasteiger partial charge in [0.2, 0.25) is 5.90 Å². The topological polar surface area (TPSA) is 24.8 Å². The van der Waals surface area contributed by atoms with Crippen molar-refractivity contribution in [2.24, 2.45) is 5.10 Å². The highest BCUT2D eigenvalue weighted by atomic mass is 16.5. The molecule has 2 bridgehead atoms. The molecule has 21 heavy (non-hydrogen) atoms. The van der Waals surface area contributed by atoms with E-state index in [4.69, 9.17) is 4.74 Å². The number of rotatable bonds is 1. The molecule has 0 aliphatic carbocycles. The van der Waals surface area contributed by atoms with Gasteiger partial charge in [-0.1, -0.05) is 36.4 Å². The van der Waals surface area contributed by atoms with Crippen molar-refractivity contribution < 1.29 is 4.74 Å². The minimum atomic E-state index is 0.0788. The fraction of sp³-hybridized carbons (Fsp3) is 0.278. The molecule has 1 unspecified atom stereocenters. The molecule has 106 valence electrons. The number of aryl methyl sites for hydroxylation is 1. The van der Waals surface area contributed by atoms with Crippen LogP contribution in [0.5, 0.6) is 0 Å². The monoisotopic (exact) mass is 278 g/mol. The van der Waals surface area contributed by atoms with Crippen LogP contribution in [0, 0.1) is 6.92 Å². The van der Waals surface area contributed by atoms with Crippen LogP contribution in [0.1, 0.15) is 28.4 Å². The van der Waals surface area contributed by atoms with Gasteiger partial charge in [0.15, 0.2) is 0 Å². The number of hydrogen-bond donors (Lipinski definition) is 0. The number of nitrogens with zero attached hydrogens (tertiary/aromatic N) is 2. The zero-order chi connectivity index (χ0) is 14.2. The van der Waals surface area contributed by atoms with E-state index >= 15 is 0 Å². The Kier molecular flexibility index (Phi) is 2.92. The van der Waals surface area contributed by atoms with Crippen LogP contribution in [0.2, 0.25) is 0 Å². The Morgan fingerprint density at radius 3 is 2.81 bits per heavy atom. The zero-order valence-corrected chi connectivity index (χ0v) is 12.1. The van der Waals surface area contributed by atoms with Crippen LogP contribution >= 0.6 is 0 Å². The number of benzene rings is 2. The highest BCUT2D eigenvalue weighted by molar-refractivity contribution is 5.94. The first-order valence-corrected chi connectivity index (χ1v) is 7.45. The summed E-state index contributed by atoms with van der Waals surface area (Å²) in [5, 5.41) is 6.82. The lowest BCUT2D eigenvalue weighted by Gasteiger charge is -2.30. The fourth-order valence-electron chi connectivity index (χ4n) is 3.17. The Morgan fingerprint density at radius 2 is 1.95 bits per heavy atom. The molecule has 3 nitrogen and oxygen atoms in total. The molecule has 0 saturated heterocycles. The molecule has 0 saturated carbocycles. The second-order valence-electron chi connectivity index (χ2n) is 5.68. The molecule has 2 aromatic rings. The molecule has 3 heteroatoms. The average molecular weight is 278 g/mol. The lowest BCUT2D eigenvalue weighted by Crippen LogP contribution is -2.32. The molecule has 0 spiro atoms. The minimum Gasteiger partial charge on any atom is -0.466 e. The molecule has 0 fully saturated rings. The van der Waals surface area contributed by atoms with Crippen LogP contribution in [0.4, 0.5) is 0 Å². The predicted molar refractivity (Wildman–Crippen MR) is 83.3 cm³/mol. The molecule has 2 aliphatic rings. The van der Waals surface area contributed by atoms with Crippen LogP contribution < -0.4 is 0 Å². The van der Waals surface area contributed by atoms with Crippen LogP contribution in [0.25, 0.3) is 0 Å². The van der Waals surface area contributed by atoms with Crippen molar-refractivity contribution >= 4 is 5.90 Å². The normalized spacial score (nSPS) is 20.1. The largest absolute Gasteiger partial charge is 0.466 e. The van der Waals surface area contributed by atoms with E-state index in [1.165, 1.54) is 16.7 Å². The molecule has 4 rings (SSSR count). The van der Waals surface area contributed by atoms with Crippen molar-refractivity contribution in [2.45, 2.75) is 19.4 Å². The second-order valence-corrected chi connectivity index (χ2v) is 5.68. The Morgan fingerprint density at radius 1 is 1.10 bits per heavy atom. The molecule has 2 aromatic carbocycles. The van der Waals surface area contributed by atoms with Gasteiger partial charge < -0.3 is 4.74 Å². The Bertz CT molecular complexity index is 694. The molecule has 0 amide bonds. The van der Waals surface area contributed by atoms with Gasteiger partial charge >= 0.3 is 0 Å². The predicted octanol–water partition coefficient (Wildman–Crippen LogP) is 3.29. The Hall–Kier alpha value is -2.29. The first-order valence-electron chi connectivity index (χ1n) is 7.45. The smallest absolute Gasteiger partial charge is 0.238 e. The molecule has 2 aliphatic heterocycles. The summed E-state index contributed by atoms with van der Waals surface area (Å²) in [6, 6.07) is 16.7. The van der Waals surface area contributed by atoms with Crippen LogP contribution in [0.3, 0.4) is 0 Å². The van der Waals surface area contributed by atoms with Crippen LogP contribution in [0.15, 0.2) is 53.6 Å². The van der Waals surface area contributed by atoms with Gasteiger partial charge in [-0.05, 0) is 42.2 Å². The molecule has 0 N–H and O–H groups in total. The standard InChI is InChI=1S/C18H18N2O/c1-13-6-5-9-16-15(13)10-11-20-12-17(16)21-18(19-20)14-7-3-2-4-8-14/h2-9,17H,10-12H2,1H3. The van der Waals surface area contributed by atoms with Gasteiger partial charge in [-0.25, -0.2) is 0 Å². The van der Waals surface area contributed by atoms with Gasteiger partial charge in [-0.15, -0.1) is 5.10 Å². The van der Waals surface area contributed by atoms with Crippen molar-refractivity contribution in [3.8, 4) is 0 Å². The fourth-order valence-corrected chi connectivity index (χ4v) is 3.17. The SMILES string of the molecule is Cc1cccc2c1CCN1CC2OC(c2ccccc2)=N1. The van der Waals surface area contributed by atoms with E-state index < -0.39 is 0 Å². The van der Waals surface area contributed by atoms with E-state index in [1.807, 2.05) is 18.2 Å². The molecule has 1 atom stereocenters. The summed E-state index contributed by atoms with van der Waals surface area (Å²) in [6.07, 6.45) is 1.11. The molecular weight excluding hydrogens is 260 g/mol. The Labute approximate surface area is 124 Å². The van der Waals surface area contributed by atoms with Gasteiger partial charge in [-0.2, -0.15) is 0 Å². The first-order chi connectivity index (χ1) is 10.3. The minimum absolute atomic E-state index is 0.0788. The quantitative estimate of drug-likeness (QED) is 0.799. The van der Waals surface area contributed by atoms with Gasteiger partial charge in [0.25, 0.3) is 0 Å². The summed E-state index contributed by atoms with van der Waals surface area (Å²) in [7, 11) is 0. The summed E-state index contributed by atoms with van der Waals surface area (Å²) >= 11 is 0. The van der Waals surface area contributed by atoms with Crippen LogP contribution in [-0.2, 0) is 11.2 Å². The number of fused-ring (bicyclic) bond motifs is 4. The highest BCUT2D eigenvalue weighted by Gasteiger charge is 2.30. The van der Waals surface area contributed by atoms with E-state index in [0.717, 1.165) is 31.0 Å². The lowest BCUT2D eigenvalue weighted by atomic mass is 9.96. The van der Waals surface area contributed by atoms with Crippen molar-refractivity contribution in [1.82, 2.24) is 5.01 Å². The van der Waals surface area contributed by atoms with E-state index in [1.54, 1.807) is 0 Å². The van der Waals surface area contributed by atoms with E-state index in [2.05, 4.69) is 47.4 Å². The van der Waals surface area contributed by atoms with Crippen molar-refractivity contribution in [1.29, 1.82) is 0 Å². The second kappa shape index (κ2) is 4.92. The third kappa shape index (κ3) is 2.19. The number of ether oxygens (including phenoxy) is 1. The van der Waals surface area contributed by atoms with Crippen molar-refractivity contribution in [3.63, 3.8) is 0 Å². The van der Waals surface area contributed by atoms with E-state index in [-0.39, 0.29) is 6.10 Å². The van der Waals surface area contributed by atoms with E-state index in [9.17, 15) is 0 Å². The van der Waals surface area contributed by atoms with Crippen LogP contribution in [-0.4, -0.2) is 24.0 Å². The first kappa shape index (κ1) is 12.5. The third-order valence-electron chi connectivity index (χ3n) is 4.30. The molecular formula is C18H18N2O. The summed E-state index contributed by atoms with van der Waals surface area (Å²) in [4.78, 5) is 0. The number of hydrazone groups is 1. The third-order valence-corrected chi connectivity index (χ3v) is 4.30. The number of hydrogen-bond acceptors (Lipinski definition) is 3. The molecule has 0 radical (unpaired) electrons. The van der Waals surface area contributed by atoms with Gasteiger partial charge in [0.1, 0.15) is 6.10 Å². The summed E-state index contributed by atoms with van der Waals surface area (Å²) in [5.41, 5.74) is 5.14. The summed E-state index contributed by atoms with van der Waals surface area (Å²) < 4.78 is 6.21. The Balaban J connectivity index is 1.75. The maximum absolute atomic E-state index is 6.21. The maximum atomic E-state index is 6.21. The zero-order valence-electron chi connectivity index (χ0n) is 12.1. The van der Waals surface area contributed by atoms with Gasteiger partial charge in [0, 0.05) is 12.1 Å². The lowest BCUT2D eigenvalue weighted by molar-refractivity contribution is 0.0982. The van der Waals surface area contributed by atoms with Gasteiger partial charge in [-0.3, -0.25) is 5.01 Å². The van der Waals surface area contributed by atoms with Crippen molar-refractivity contribution in [2.75, 3.05) is 13.1 Å².